The molecule has 1 fully saturated rings. The molecule has 3 atom stereocenters. The first-order chi connectivity index (χ1) is 6.65. The lowest BCUT2D eigenvalue weighted by atomic mass is 9.73. The van der Waals surface area contributed by atoms with Gasteiger partial charge in [-0.1, -0.05) is 25.5 Å². The summed E-state index contributed by atoms with van der Waals surface area (Å²) >= 11 is 5.69. The lowest BCUT2D eigenvalue weighted by Gasteiger charge is -2.32. The van der Waals surface area contributed by atoms with E-state index in [9.17, 15) is 0 Å². The van der Waals surface area contributed by atoms with Crippen LogP contribution in [0.4, 0.5) is 0 Å². The summed E-state index contributed by atoms with van der Waals surface area (Å²) in [5.41, 5.74) is 1.57. The molecule has 1 saturated carbocycles. The molecular weight excluding hydrogens is 192 g/mol. The molecule has 0 aromatic rings. The highest BCUT2D eigenvalue weighted by atomic mass is 35.5. The van der Waals surface area contributed by atoms with Crippen molar-refractivity contribution in [2.45, 2.75) is 46.5 Å². The van der Waals surface area contributed by atoms with E-state index in [1.54, 1.807) is 5.57 Å². The normalized spacial score (nSPS) is 34.6. The number of hydrogen-bond donors (Lipinski definition) is 0. The first kappa shape index (κ1) is 12.1. The molecule has 0 N–H and O–H groups in total. The third-order valence-electron chi connectivity index (χ3n) is 3.82. The lowest BCUT2D eigenvalue weighted by molar-refractivity contribution is 0.229. The summed E-state index contributed by atoms with van der Waals surface area (Å²) in [7, 11) is 0. The fourth-order valence-corrected chi connectivity index (χ4v) is 2.52. The largest absolute Gasteiger partial charge is 0.126 e. The highest BCUT2D eigenvalue weighted by Gasteiger charge is 2.24. The van der Waals surface area contributed by atoms with Crippen LogP contribution < -0.4 is 0 Å². The van der Waals surface area contributed by atoms with Crippen LogP contribution in [0.5, 0.6) is 0 Å². The minimum absolute atomic E-state index is 0.760. The molecule has 0 saturated heterocycles. The molecule has 1 rings (SSSR count). The summed E-state index contributed by atoms with van der Waals surface area (Å²) in [4.78, 5) is 0. The Morgan fingerprint density at radius 1 is 1.29 bits per heavy atom. The third kappa shape index (κ3) is 3.31. The van der Waals surface area contributed by atoms with Gasteiger partial charge in [0.25, 0.3) is 0 Å². The van der Waals surface area contributed by atoms with Crippen LogP contribution in [0.15, 0.2) is 11.6 Å². The second kappa shape index (κ2) is 5.80. The molecule has 1 heteroatoms. The summed E-state index contributed by atoms with van der Waals surface area (Å²) in [5.74, 6) is 3.42. The zero-order valence-corrected chi connectivity index (χ0v) is 10.5. The van der Waals surface area contributed by atoms with Gasteiger partial charge in [0.2, 0.25) is 0 Å². The van der Waals surface area contributed by atoms with Crippen molar-refractivity contribution in [3.63, 3.8) is 0 Å². The van der Waals surface area contributed by atoms with Crippen LogP contribution in [0, 0.1) is 17.8 Å². The van der Waals surface area contributed by atoms with E-state index in [-0.39, 0.29) is 0 Å². The molecule has 1 aliphatic carbocycles. The zero-order valence-electron chi connectivity index (χ0n) is 9.72. The van der Waals surface area contributed by atoms with Crippen molar-refractivity contribution in [1.29, 1.82) is 0 Å². The Morgan fingerprint density at radius 2 is 2.00 bits per heavy atom. The fourth-order valence-electron chi connectivity index (χ4n) is 2.41. The maximum Gasteiger partial charge on any atom is 0.0258 e. The Kier molecular flexibility index (Phi) is 5.01. The van der Waals surface area contributed by atoms with Crippen molar-refractivity contribution in [1.82, 2.24) is 0 Å². The average molecular weight is 215 g/mol. The third-order valence-corrected chi connectivity index (χ3v) is 4.04. The van der Waals surface area contributed by atoms with E-state index >= 15 is 0 Å². The van der Waals surface area contributed by atoms with E-state index in [0.717, 1.165) is 30.1 Å². The highest BCUT2D eigenvalue weighted by Crippen LogP contribution is 2.36. The van der Waals surface area contributed by atoms with E-state index < -0.39 is 0 Å². The molecule has 3 unspecified atom stereocenters. The molecule has 0 bridgehead atoms. The molecule has 1 aliphatic rings. The average Bonchev–Trinajstić information content (AvgIpc) is 2.18. The van der Waals surface area contributed by atoms with Crippen LogP contribution in [0.2, 0.25) is 0 Å². The first-order valence-corrected chi connectivity index (χ1v) is 6.41. The predicted molar refractivity (Wildman–Crippen MR) is 64.8 cm³/mol. The van der Waals surface area contributed by atoms with Crippen molar-refractivity contribution in [3.8, 4) is 0 Å². The van der Waals surface area contributed by atoms with Gasteiger partial charge in [0.1, 0.15) is 0 Å². The van der Waals surface area contributed by atoms with Crippen LogP contribution in [0.25, 0.3) is 0 Å². The number of hydrogen-bond acceptors (Lipinski definition) is 0. The van der Waals surface area contributed by atoms with Crippen LogP contribution in [-0.2, 0) is 0 Å². The smallest absolute Gasteiger partial charge is 0.0258 e. The molecule has 0 amide bonds. The van der Waals surface area contributed by atoms with Crippen LogP contribution >= 0.6 is 11.6 Å². The number of alkyl halides is 1. The molecule has 0 radical (unpaired) electrons. The van der Waals surface area contributed by atoms with Gasteiger partial charge in [0.05, 0.1) is 0 Å². The van der Waals surface area contributed by atoms with E-state index in [0.29, 0.717) is 0 Å². The summed E-state index contributed by atoms with van der Waals surface area (Å²) in [6.45, 7) is 7.06. The zero-order chi connectivity index (χ0) is 10.6. The topological polar surface area (TPSA) is 0 Å². The standard InChI is InChI=1S/C13H23Cl/c1-10-6-7-13(9-12(10)3)11(2)5-4-8-14/h5,10,12-13H,4,6-9H2,1-3H3. The Hall–Kier alpha value is 0.0300. The van der Waals surface area contributed by atoms with Crippen LogP contribution in [-0.4, -0.2) is 5.88 Å². The second-order valence-corrected chi connectivity index (χ2v) is 5.27. The molecule has 0 aliphatic heterocycles. The highest BCUT2D eigenvalue weighted by molar-refractivity contribution is 6.17. The van der Waals surface area contributed by atoms with Crippen LogP contribution in [0.3, 0.4) is 0 Å². The summed E-state index contributed by atoms with van der Waals surface area (Å²) < 4.78 is 0. The van der Waals surface area contributed by atoms with Crippen molar-refractivity contribution < 1.29 is 0 Å². The first-order valence-electron chi connectivity index (χ1n) is 5.87. The van der Waals surface area contributed by atoms with Crippen LogP contribution in [0.1, 0.15) is 46.5 Å². The van der Waals surface area contributed by atoms with Gasteiger partial charge in [-0.25, -0.2) is 0 Å². The quantitative estimate of drug-likeness (QED) is 0.475. The minimum atomic E-state index is 0.760. The number of halogens is 1. The molecule has 0 heterocycles. The van der Waals surface area contributed by atoms with Gasteiger partial charge >= 0.3 is 0 Å². The summed E-state index contributed by atoms with van der Waals surface area (Å²) in [5, 5.41) is 0. The van der Waals surface area contributed by atoms with Crippen molar-refractivity contribution in [3.05, 3.63) is 11.6 Å². The van der Waals surface area contributed by atoms with Gasteiger partial charge in [-0.2, -0.15) is 0 Å². The molecule has 0 spiro atoms. The SMILES string of the molecule is CC(=CCCCl)C1CCC(C)C(C)C1. The summed E-state index contributed by atoms with van der Waals surface area (Å²) in [6.07, 6.45) is 7.54. The Bertz CT molecular complexity index is 195. The number of rotatable bonds is 3. The molecule has 0 aromatic carbocycles. The van der Waals surface area contributed by atoms with Gasteiger partial charge in [-0.3, -0.25) is 0 Å². The molecule has 0 aromatic heterocycles. The van der Waals surface area contributed by atoms with E-state index in [4.69, 9.17) is 11.6 Å². The molecular formula is C13H23Cl. The summed E-state index contributed by atoms with van der Waals surface area (Å²) in [6, 6.07) is 0. The van der Waals surface area contributed by atoms with E-state index in [1.807, 2.05) is 0 Å². The van der Waals surface area contributed by atoms with Crippen molar-refractivity contribution in [2.24, 2.45) is 17.8 Å². The molecule has 82 valence electrons. The van der Waals surface area contributed by atoms with Crippen molar-refractivity contribution in [2.75, 3.05) is 5.88 Å². The van der Waals surface area contributed by atoms with Crippen molar-refractivity contribution >= 4 is 11.6 Å². The van der Waals surface area contributed by atoms with Gasteiger partial charge in [0, 0.05) is 5.88 Å². The lowest BCUT2D eigenvalue weighted by Crippen LogP contribution is -2.21. The maximum absolute atomic E-state index is 5.69. The molecule has 0 nitrogen and oxygen atoms in total. The van der Waals surface area contributed by atoms with E-state index in [2.05, 4.69) is 26.8 Å². The monoisotopic (exact) mass is 214 g/mol. The van der Waals surface area contributed by atoms with Gasteiger partial charge in [-0.05, 0) is 50.4 Å². The predicted octanol–water partition coefficient (Wildman–Crippen LogP) is 4.63. The Labute approximate surface area is 93.7 Å². The Morgan fingerprint density at radius 3 is 2.57 bits per heavy atom. The van der Waals surface area contributed by atoms with E-state index in [1.165, 1.54) is 19.3 Å². The second-order valence-electron chi connectivity index (χ2n) is 4.89. The minimum Gasteiger partial charge on any atom is -0.126 e. The fraction of sp³-hybridized carbons (Fsp3) is 0.846. The van der Waals surface area contributed by atoms with Gasteiger partial charge in [0.15, 0.2) is 0 Å². The number of allylic oxidation sites excluding steroid dienone is 2. The molecule has 14 heavy (non-hydrogen) atoms. The Balaban J connectivity index is 2.45. The van der Waals surface area contributed by atoms with Gasteiger partial charge < -0.3 is 0 Å². The maximum atomic E-state index is 5.69. The van der Waals surface area contributed by atoms with Gasteiger partial charge in [-0.15, -0.1) is 11.6 Å².